The molecule has 0 radical (unpaired) electrons. The van der Waals surface area contributed by atoms with E-state index in [1.165, 1.54) is 17.7 Å². The van der Waals surface area contributed by atoms with Crippen molar-refractivity contribution in [3.05, 3.63) is 73.8 Å². The minimum Gasteiger partial charge on any atom is -0.454 e. The van der Waals surface area contributed by atoms with E-state index in [0.29, 0.717) is 5.56 Å². The molecule has 7 heteroatoms. The Hall–Kier alpha value is -2.73. The zero-order valence-corrected chi connectivity index (χ0v) is 14.6. The number of esters is 1. The Morgan fingerprint density at radius 3 is 2.54 bits per heavy atom. The van der Waals surface area contributed by atoms with Crippen molar-refractivity contribution in [1.29, 1.82) is 0 Å². The molecule has 0 atom stereocenters. The first-order valence-corrected chi connectivity index (χ1v) is 8.59. The minimum absolute atomic E-state index is 0.0295. The number of hydrogen-bond donors (Lipinski definition) is 0. The fourth-order valence-corrected chi connectivity index (χ4v) is 3.18. The molecule has 0 unspecified atom stereocenters. The molecule has 0 heterocycles. The minimum atomic E-state index is -0.870. The molecule has 0 saturated heterocycles. The quantitative estimate of drug-likeness (QED) is 0.340. The van der Waals surface area contributed by atoms with Crippen molar-refractivity contribution in [3.63, 3.8) is 0 Å². The number of fused-ring (bicyclic) bond motifs is 1. The van der Waals surface area contributed by atoms with Crippen LogP contribution in [-0.2, 0) is 17.6 Å². The van der Waals surface area contributed by atoms with Crippen LogP contribution in [0.5, 0.6) is 0 Å². The monoisotopic (exact) mass is 373 g/mol. The lowest BCUT2D eigenvalue weighted by molar-refractivity contribution is -0.384. The summed E-state index contributed by atoms with van der Waals surface area (Å²) < 4.78 is 5.01. The van der Waals surface area contributed by atoms with Crippen LogP contribution in [0.3, 0.4) is 0 Å². The Bertz CT molecular complexity index is 893. The molecule has 1 aliphatic rings. The molecular formula is C19H16ClNO5. The van der Waals surface area contributed by atoms with Crippen LogP contribution in [0.1, 0.15) is 44.7 Å². The smallest absolute Gasteiger partial charge is 0.340 e. The number of non-ortho nitro benzene ring substituents is 1. The Balaban J connectivity index is 1.69. The Morgan fingerprint density at radius 2 is 1.81 bits per heavy atom. The molecule has 6 nitrogen and oxygen atoms in total. The summed E-state index contributed by atoms with van der Waals surface area (Å²) in [5.41, 5.74) is 2.49. The summed E-state index contributed by atoms with van der Waals surface area (Å²) in [5.74, 6) is -1.20. The van der Waals surface area contributed by atoms with Crippen LogP contribution < -0.4 is 0 Å². The van der Waals surface area contributed by atoms with Gasteiger partial charge in [-0.05, 0) is 48.9 Å². The van der Waals surface area contributed by atoms with Gasteiger partial charge in [0.25, 0.3) is 5.69 Å². The van der Waals surface area contributed by atoms with E-state index in [9.17, 15) is 19.7 Å². The number of carbonyl (C=O) groups excluding carboxylic acids is 2. The molecule has 26 heavy (non-hydrogen) atoms. The van der Waals surface area contributed by atoms with Crippen molar-refractivity contribution in [3.8, 4) is 0 Å². The third-order valence-electron chi connectivity index (χ3n) is 4.39. The van der Waals surface area contributed by atoms with Gasteiger partial charge in [0.05, 0.1) is 15.5 Å². The maximum atomic E-state index is 12.3. The van der Waals surface area contributed by atoms with Crippen LogP contribution in [0.15, 0.2) is 36.4 Å². The highest BCUT2D eigenvalue weighted by Gasteiger charge is 2.19. The van der Waals surface area contributed by atoms with Gasteiger partial charge < -0.3 is 4.74 Å². The van der Waals surface area contributed by atoms with Crippen LogP contribution in [0.25, 0.3) is 0 Å². The van der Waals surface area contributed by atoms with Gasteiger partial charge in [-0.15, -0.1) is 0 Å². The number of carbonyl (C=O) groups is 2. The summed E-state index contributed by atoms with van der Waals surface area (Å²) in [6.45, 7) is -0.448. The van der Waals surface area contributed by atoms with Crippen molar-refractivity contribution in [2.45, 2.75) is 25.7 Å². The van der Waals surface area contributed by atoms with E-state index < -0.39 is 17.5 Å². The molecule has 134 valence electrons. The van der Waals surface area contributed by atoms with E-state index in [-0.39, 0.29) is 22.1 Å². The average Bonchev–Trinajstić information content (AvgIpc) is 2.65. The van der Waals surface area contributed by atoms with Gasteiger partial charge >= 0.3 is 5.97 Å². The number of nitro groups is 1. The first kappa shape index (κ1) is 18.1. The number of hydrogen-bond acceptors (Lipinski definition) is 5. The second-order valence-electron chi connectivity index (χ2n) is 6.11. The molecule has 2 aromatic rings. The molecule has 0 fully saturated rings. The zero-order valence-electron chi connectivity index (χ0n) is 13.9. The van der Waals surface area contributed by atoms with Crippen LogP contribution >= 0.6 is 11.6 Å². The Morgan fingerprint density at radius 1 is 1.08 bits per heavy atom. The average molecular weight is 374 g/mol. The second-order valence-corrected chi connectivity index (χ2v) is 6.52. The second kappa shape index (κ2) is 7.66. The summed E-state index contributed by atoms with van der Waals surface area (Å²) in [7, 11) is 0. The summed E-state index contributed by atoms with van der Waals surface area (Å²) >= 11 is 5.90. The van der Waals surface area contributed by atoms with Gasteiger partial charge in [-0.1, -0.05) is 23.7 Å². The molecule has 0 amide bonds. The van der Waals surface area contributed by atoms with Crippen molar-refractivity contribution < 1.29 is 19.2 Å². The summed E-state index contributed by atoms with van der Waals surface area (Å²) in [6.07, 6.45) is 4.22. The van der Waals surface area contributed by atoms with Gasteiger partial charge in [0.1, 0.15) is 0 Å². The molecule has 0 spiro atoms. The lowest BCUT2D eigenvalue weighted by Gasteiger charge is -2.16. The lowest BCUT2D eigenvalue weighted by Crippen LogP contribution is -2.15. The third kappa shape index (κ3) is 3.91. The number of ether oxygens (including phenoxy) is 1. The number of aryl methyl sites for hydroxylation is 2. The largest absolute Gasteiger partial charge is 0.454 e. The topological polar surface area (TPSA) is 86.5 Å². The molecule has 0 aromatic heterocycles. The van der Waals surface area contributed by atoms with Gasteiger partial charge in [-0.2, -0.15) is 0 Å². The number of Topliss-reactive ketones (excluding diaryl/α,β-unsaturated/α-hetero) is 1. The number of nitrogens with zero attached hydrogens (tertiary/aromatic N) is 1. The van der Waals surface area contributed by atoms with Crippen molar-refractivity contribution in [2.75, 3.05) is 6.61 Å². The lowest BCUT2D eigenvalue weighted by atomic mass is 9.90. The molecule has 0 saturated carbocycles. The first-order valence-electron chi connectivity index (χ1n) is 8.22. The van der Waals surface area contributed by atoms with E-state index in [0.717, 1.165) is 37.3 Å². The maximum absolute atomic E-state index is 12.3. The molecule has 0 bridgehead atoms. The van der Waals surface area contributed by atoms with Gasteiger partial charge in [0, 0.05) is 17.7 Å². The van der Waals surface area contributed by atoms with Crippen LogP contribution in [-0.4, -0.2) is 23.3 Å². The number of ketones is 1. The summed E-state index contributed by atoms with van der Waals surface area (Å²) in [6, 6.07) is 9.01. The predicted molar refractivity (Wildman–Crippen MR) is 95.8 cm³/mol. The van der Waals surface area contributed by atoms with Gasteiger partial charge in [0.15, 0.2) is 12.4 Å². The van der Waals surface area contributed by atoms with Gasteiger partial charge in [-0.25, -0.2) is 4.79 Å². The van der Waals surface area contributed by atoms with E-state index in [1.807, 2.05) is 12.1 Å². The van der Waals surface area contributed by atoms with Crippen molar-refractivity contribution in [2.24, 2.45) is 0 Å². The fourth-order valence-electron chi connectivity index (χ4n) is 2.98. The number of halogens is 1. The SMILES string of the molecule is O=C(COC(=O)c1cc([N+](=O)[O-])ccc1Cl)c1ccc2c(c1)CCCC2. The van der Waals surface area contributed by atoms with E-state index in [1.54, 1.807) is 6.07 Å². The van der Waals surface area contributed by atoms with Crippen molar-refractivity contribution in [1.82, 2.24) is 0 Å². The molecular weight excluding hydrogens is 358 g/mol. The Labute approximate surface area is 154 Å². The van der Waals surface area contributed by atoms with Crippen molar-refractivity contribution >= 4 is 29.0 Å². The van der Waals surface area contributed by atoms with Crippen LogP contribution in [0, 0.1) is 10.1 Å². The Kier molecular flexibility index (Phi) is 5.32. The first-order chi connectivity index (χ1) is 12.5. The number of benzene rings is 2. The fraction of sp³-hybridized carbons (Fsp3) is 0.263. The molecule has 1 aliphatic carbocycles. The van der Waals surface area contributed by atoms with Crippen LogP contribution in [0.4, 0.5) is 5.69 Å². The molecule has 2 aromatic carbocycles. The van der Waals surface area contributed by atoms with Gasteiger partial charge in [-0.3, -0.25) is 14.9 Å². The van der Waals surface area contributed by atoms with E-state index in [4.69, 9.17) is 16.3 Å². The highest BCUT2D eigenvalue weighted by Crippen LogP contribution is 2.24. The highest BCUT2D eigenvalue weighted by molar-refractivity contribution is 6.33. The predicted octanol–water partition coefficient (Wildman–Crippen LogP) is 4.17. The summed E-state index contributed by atoms with van der Waals surface area (Å²) in [5, 5.41) is 10.8. The zero-order chi connectivity index (χ0) is 18.7. The normalized spacial score (nSPS) is 13.0. The molecule has 0 N–H and O–H groups in total. The maximum Gasteiger partial charge on any atom is 0.340 e. The van der Waals surface area contributed by atoms with Gasteiger partial charge in [0.2, 0.25) is 0 Å². The summed E-state index contributed by atoms with van der Waals surface area (Å²) in [4.78, 5) is 34.6. The number of rotatable bonds is 5. The molecule has 0 aliphatic heterocycles. The number of nitro benzene ring substituents is 1. The molecule has 3 rings (SSSR count). The van der Waals surface area contributed by atoms with E-state index in [2.05, 4.69) is 0 Å². The van der Waals surface area contributed by atoms with E-state index >= 15 is 0 Å². The highest BCUT2D eigenvalue weighted by atomic mass is 35.5. The third-order valence-corrected chi connectivity index (χ3v) is 4.72. The van der Waals surface area contributed by atoms with Crippen LogP contribution in [0.2, 0.25) is 5.02 Å². The standard InChI is InChI=1S/C19H16ClNO5/c20-17-8-7-15(21(24)25)10-16(17)19(23)26-11-18(22)14-6-5-12-3-1-2-4-13(12)9-14/h5-10H,1-4,11H2.